The summed E-state index contributed by atoms with van der Waals surface area (Å²) in [6.45, 7) is 0. The zero-order valence-corrected chi connectivity index (χ0v) is 18.9. The van der Waals surface area contributed by atoms with Crippen molar-refractivity contribution in [3.8, 4) is 18.2 Å². The van der Waals surface area contributed by atoms with Gasteiger partial charge in [-0.3, -0.25) is 0 Å². The summed E-state index contributed by atoms with van der Waals surface area (Å²) < 4.78 is 0. The van der Waals surface area contributed by atoms with E-state index in [0.29, 0.717) is 4.88 Å². The summed E-state index contributed by atoms with van der Waals surface area (Å²) in [5.74, 6) is 0. The standard InChI is InChI=1S/C29H18N4S/c30-19-23(20-31)28(21-32)29-18-17-27(34-29)16-13-22-11-14-26(15-12-22)33(24-7-3-1-4-8-24)25-9-5-2-6-10-25/h1-18H. The van der Waals surface area contributed by atoms with Gasteiger partial charge in [-0.15, -0.1) is 11.3 Å². The lowest BCUT2D eigenvalue weighted by Crippen LogP contribution is -2.09. The van der Waals surface area contributed by atoms with E-state index in [0.717, 1.165) is 27.5 Å². The summed E-state index contributed by atoms with van der Waals surface area (Å²) in [6, 6.07) is 37.9. The van der Waals surface area contributed by atoms with E-state index >= 15 is 0 Å². The largest absolute Gasteiger partial charge is 0.311 e. The molecule has 0 atom stereocenters. The number of benzene rings is 3. The molecule has 0 aliphatic heterocycles. The van der Waals surface area contributed by atoms with Gasteiger partial charge in [0.25, 0.3) is 0 Å². The van der Waals surface area contributed by atoms with Gasteiger partial charge in [0.2, 0.25) is 0 Å². The van der Waals surface area contributed by atoms with Crippen LogP contribution in [-0.4, -0.2) is 0 Å². The first-order valence-corrected chi connectivity index (χ1v) is 11.3. The fraction of sp³-hybridized carbons (Fsp3) is 0. The Morgan fingerprint density at radius 1 is 0.618 bits per heavy atom. The van der Waals surface area contributed by atoms with Crippen molar-refractivity contribution in [3.05, 3.63) is 118 Å². The lowest BCUT2D eigenvalue weighted by Gasteiger charge is -2.25. The highest BCUT2D eigenvalue weighted by molar-refractivity contribution is 7.14. The number of para-hydroxylation sites is 2. The summed E-state index contributed by atoms with van der Waals surface area (Å²) >= 11 is 1.37. The predicted octanol–water partition coefficient (Wildman–Crippen LogP) is 7.71. The van der Waals surface area contributed by atoms with Gasteiger partial charge in [-0.2, -0.15) is 15.8 Å². The van der Waals surface area contributed by atoms with E-state index in [4.69, 9.17) is 10.5 Å². The van der Waals surface area contributed by atoms with Crippen LogP contribution in [0.1, 0.15) is 15.3 Å². The van der Waals surface area contributed by atoms with Crippen LogP contribution in [0.3, 0.4) is 0 Å². The number of thiophene rings is 1. The molecule has 1 heterocycles. The third-order valence-corrected chi connectivity index (χ3v) is 6.15. The third kappa shape index (κ3) is 4.95. The number of rotatable bonds is 6. The van der Waals surface area contributed by atoms with E-state index < -0.39 is 0 Å². The quantitative estimate of drug-likeness (QED) is 0.280. The fourth-order valence-corrected chi connectivity index (χ4v) is 4.37. The van der Waals surface area contributed by atoms with Crippen molar-refractivity contribution >= 4 is 46.1 Å². The fourth-order valence-electron chi connectivity index (χ4n) is 3.46. The van der Waals surface area contributed by atoms with Gasteiger partial charge in [-0.25, -0.2) is 0 Å². The normalized spacial score (nSPS) is 10.1. The topological polar surface area (TPSA) is 74.6 Å². The maximum atomic E-state index is 9.34. The van der Waals surface area contributed by atoms with Crippen molar-refractivity contribution in [2.75, 3.05) is 4.90 Å². The Bertz CT molecular complexity index is 1400. The van der Waals surface area contributed by atoms with Crippen LogP contribution in [0.4, 0.5) is 17.1 Å². The molecule has 4 nitrogen and oxygen atoms in total. The van der Waals surface area contributed by atoms with Crippen LogP contribution in [-0.2, 0) is 0 Å². The van der Waals surface area contributed by atoms with Crippen LogP contribution in [0.5, 0.6) is 0 Å². The molecule has 4 rings (SSSR count). The highest BCUT2D eigenvalue weighted by Crippen LogP contribution is 2.34. The van der Waals surface area contributed by atoms with Gasteiger partial charge in [0.15, 0.2) is 0 Å². The van der Waals surface area contributed by atoms with E-state index in [1.54, 1.807) is 18.2 Å². The number of allylic oxidation sites excluding steroid dienone is 2. The smallest absolute Gasteiger partial charge is 0.148 e. The van der Waals surface area contributed by atoms with Gasteiger partial charge in [0.05, 0.1) is 5.57 Å². The van der Waals surface area contributed by atoms with Gasteiger partial charge in [0, 0.05) is 26.8 Å². The van der Waals surface area contributed by atoms with Crippen molar-refractivity contribution in [2.24, 2.45) is 0 Å². The molecular weight excluding hydrogens is 436 g/mol. The van der Waals surface area contributed by atoms with Crippen molar-refractivity contribution < 1.29 is 0 Å². The number of anilines is 3. The summed E-state index contributed by atoms with van der Waals surface area (Å²) in [7, 11) is 0. The number of nitrogens with zero attached hydrogens (tertiary/aromatic N) is 4. The molecule has 4 aromatic rings. The molecule has 5 heteroatoms. The van der Waals surface area contributed by atoms with E-state index in [2.05, 4.69) is 53.4 Å². The number of hydrogen-bond donors (Lipinski definition) is 0. The predicted molar refractivity (Wildman–Crippen MR) is 138 cm³/mol. The monoisotopic (exact) mass is 454 g/mol. The number of hydrogen-bond acceptors (Lipinski definition) is 5. The molecule has 0 amide bonds. The SMILES string of the molecule is N#CC(C#N)=C(C#N)c1ccc(C=Cc2ccc(N(c3ccccc3)c3ccccc3)cc2)s1. The van der Waals surface area contributed by atoms with Crippen molar-refractivity contribution in [1.82, 2.24) is 0 Å². The molecule has 0 N–H and O–H groups in total. The minimum atomic E-state index is -0.170. The summed E-state index contributed by atoms with van der Waals surface area (Å²) in [4.78, 5) is 3.74. The lowest BCUT2D eigenvalue weighted by atomic mass is 10.1. The molecule has 0 fully saturated rings. The molecule has 3 aromatic carbocycles. The molecule has 160 valence electrons. The molecule has 0 unspecified atom stereocenters. The Kier molecular flexibility index (Phi) is 6.97. The van der Waals surface area contributed by atoms with Crippen LogP contribution in [0.15, 0.2) is 103 Å². The minimum absolute atomic E-state index is 0.112. The van der Waals surface area contributed by atoms with Crippen LogP contribution in [0, 0.1) is 34.0 Å². The lowest BCUT2D eigenvalue weighted by molar-refractivity contribution is 1.28. The van der Waals surface area contributed by atoms with Crippen LogP contribution in [0.25, 0.3) is 17.7 Å². The Balaban J connectivity index is 1.58. The van der Waals surface area contributed by atoms with Gasteiger partial charge in [-0.05, 0) is 60.2 Å². The zero-order chi connectivity index (χ0) is 23.8. The molecule has 0 aliphatic carbocycles. The Labute approximate surface area is 202 Å². The van der Waals surface area contributed by atoms with Gasteiger partial charge in [0.1, 0.15) is 23.8 Å². The maximum absolute atomic E-state index is 9.34. The van der Waals surface area contributed by atoms with E-state index in [1.807, 2.05) is 60.7 Å². The second kappa shape index (κ2) is 10.6. The molecule has 0 spiro atoms. The number of nitriles is 3. The molecule has 0 radical (unpaired) electrons. The van der Waals surface area contributed by atoms with Crippen molar-refractivity contribution in [2.45, 2.75) is 0 Å². The highest BCUT2D eigenvalue weighted by Gasteiger charge is 2.12. The second-order valence-corrected chi connectivity index (χ2v) is 8.33. The highest BCUT2D eigenvalue weighted by atomic mass is 32.1. The molecular formula is C29H18N4S. The first kappa shape index (κ1) is 22.3. The summed E-state index contributed by atoms with van der Waals surface area (Å²) in [5.41, 5.74) is 4.19. The molecule has 0 saturated carbocycles. The zero-order valence-electron chi connectivity index (χ0n) is 18.1. The van der Waals surface area contributed by atoms with E-state index in [-0.39, 0.29) is 11.1 Å². The van der Waals surface area contributed by atoms with Gasteiger partial charge < -0.3 is 4.90 Å². The molecule has 0 aliphatic rings. The van der Waals surface area contributed by atoms with Crippen LogP contribution in [0.2, 0.25) is 0 Å². The summed E-state index contributed by atoms with van der Waals surface area (Å²) in [6.07, 6.45) is 3.96. The van der Waals surface area contributed by atoms with Gasteiger partial charge in [-0.1, -0.05) is 54.6 Å². The second-order valence-electron chi connectivity index (χ2n) is 7.22. The van der Waals surface area contributed by atoms with Crippen LogP contribution < -0.4 is 4.90 Å². The minimum Gasteiger partial charge on any atom is -0.311 e. The first-order chi connectivity index (χ1) is 16.7. The molecule has 0 saturated heterocycles. The van der Waals surface area contributed by atoms with Gasteiger partial charge >= 0.3 is 0 Å². The molecule has 0 bridgehead atoms. The van der Waals surface area contributed by atoms with E-state index in [1.165, 1.54) is 11.3 Å². The molecule has 1 aromatic heterocycles. The van der Waals surface area contributed by atoms with E-state index in [9.17, 15) is 5.26 Å². The average molecular weight is 455 g/mol. The Morgan fingerprint density at radius 3 is 1.71 bits per heavy atom. The average Bonchev–Trinajstić information content (AvgIpc) is 3.37. The van der Waals surface area contributed by atoms with Crippen LogP contribution >= 0.6 is 11.3 Å². The van der Waals surface area contributed by atoms with Crippen molar-refractivity contribution in [3.63, 3.8) is 0 Å². The third-order valence-electron chi connectivity index (χ3n) is 5.08. The first-order valence-electron chi connectivity index (χ1n) is 10.5. The summed E-state index contributed by atoms with van der Waals surface area (Å²) in [5, 5.41) is 27.5. The molecule has 34 heavy (non-hydrogen) atoms. The maximum Gasteiger partial charge on any atom is 0.148 e. The Morgan fingerprint density at radius 2 is 1.18 bits per heavy atom. The Hall–Kier alpha value is -4.89. The van der Waals surface area contributed by atoms with Crippen molar-refractivity contribution in [1.29, 1.82) is 15.8 Å².